The van der Waals surface area contributed by atoms with Crippen molar-refractivity contribution in [3.8, 4) is 0 Å². The standard InChI is InChI=1S/C23H27N3O5/c1-15-19(5-3-4-8-24-9-11-25(12-10-24)16(2)27)22(29)26(21(15)28)18-6-7-20-17(13-18)14-31-23(20)30/h6-7,13H,3-5,8-12,14H2,1-2H3. The lowest BCUT2D eigenvalue weighted by Gasteiger charge is -2.34. The first-order chi connectivity index (χ1) is 14.9. The van der Waals surface area contributed by atoms with Crippen LogP contribution < -0.4 is 4.90 Å². The Labute approximate surface area is 181 Å². The number of carbonyl (C=O) groups excluding carboxylic acids is 4. The van der Waals surface area contributed by atoms with E-state index in [2.05, 4.69) is 4.90 Å². The summed E-state index contributed by atoms with van der Waals surface area (Å²) in [6, 6.07) is 4.92. The molecule has 0 saturated carbocycles. The molecular formula is C23H27N3O5. The van der Waals surface area contributed by atoms with E-state index in [1.165, 1.54) is 4.90 Å². The fourth-order valence-electron chi connectivity index (χ4n) is 4.40. The Morgan fingerprint density at radius 3 is 2.48 bits per heavy atom. The van der Waals surface area contributed by atoms with Crippen LogP contribution in [0.2, 0.25) is 0 Å². The van der Waals surface area contributed by atoms with E-state index in [0.717, 1.165) is 45.6 Å². The molecule has 3 aliphatic heterocycles. The number of benzene rings is 1. The van der Waals surface area contributed by atoms with Crippen LogP contribution in [0.5, 0.6) is 0 Å². The van der Waals surface area contributed by atoms with Gasteiger partial charge in [0.25, 0.3) is 11.8 Å². The van der Waals surface area contributed by atoms with Gasteiger partial charge in [0.05, 0.1) is 11.3 Å². The number of esters is 1. The molecule has 0 radical (unpaired) electrons. The molecule has 1 aromatic carbocycles. The van der Waals surface area contributed by atoms with Crippen LogP contribution in [0, 0.1) is 0 Å². The lowest BCUT2D eigenvalue weighted by Crippen LogP contribution is -2.48. The maximum absolute atomic E-state index is 13.0. The Balaban J connectivity index is 1.32. The van der Waals surface area contributed by atoms with Gasteiger partial charge in [-0.25, -0.2) is 9.69 Å². The molecule has 31 heavy (non-hydrogen) atoms. The maximum Gasteiger partial charge on any atom is 0.338 e. The molecule has 4 rings (SSSR count). The second kappa shape index (κ2) is 8.63. The summed E-state index contributed by atoms with van der Waals surface area (Å²) in [4.78, 5) is 54.2. The van der Waals surface area contributed by atoms with E-state index in [1.807, 2.05) is 4.90 Å². The normalized spacial score (nSPS) is 19.4. The van der Waals surface area contributed by atoms with Gasteiger partial charge in [0, 0.05) is 49.8 Å². The smallest absolute Gasteiger partial charge is 0.338 e. The Hall–Kier alpha value is -3.00. The Morgan fingerprint density at radius 1 is 1.03 bits per heavy atom. The van der Waals surface area contributed by atoms with Crippen LogP contribution in [0.1, 0.15) is 49.0 Å². The topological polar surface area (TPSA) is 87.2 Å². The van der Waals surface area contributed by atoms with Crippen molar-refractivity contribution >= 4 is 29.4 Å². The molecule has 0 aromatic heterocycles. The van der Waals surface area contributed by atoms with Gasteiger partial charge in [-0.05, 0) is 50.9 Å². The molecule has 8 heteroatoms. The zero-order valence-corrected chi connectivity index (χ0v) is 18.0. The number of fused-ring (bicyclic) bond motifs is 1. The largest absolute Gasteiger partial charge is 0.457 e. The van der Waals surface area contributed by atoms with E-state index < -0.39 is 0 Å². The van der Waals surface area contributed by atoms with Crippen LogP contribution in [0.3, 0.4) is 0 Å². The molecule has 1 aromatic rings. The third-order valence-electron chi connectivity index (χ3n) is 6.33. The molecule has 1 saturated heterocycles. The van der Waals surface area contributed by atoms with Gasteiger partial charge in [0.15, 0.2) is 0 Å². The number of hydrogen-bond donors (Lipinski definition) is 0. The van der Waals surface area contributed by atoms with Crippen molar-refractivity contribution in [3.05, 3.63) is 40.5 Å². The number of imide groups is 1. The first-order valence-corrected chi connectivity index (χ1v) is 10.7. The number of carbonyl (C=O) groups is 4. The highest BCUT2D eigenvalue weighted by Gasteiger charge is 2.37. The van der Waals surface area contributed by atoms with Crippen molar-refractivity contribution in [2.24, 2.45) is 0 Å². The van der Waals surface area contributed by atoms with Gasteiger partial charge in [0.2, 0.25) is 5.91 Å². The Bertz CT molecular complexity index is 975. The number of cyclic esters (lactones) is 1. The Kier molecular flexibility index (Phi) is 5.91. The van der Waals surface area contributed by atoms with Crippen molar-refractivity contribution in [1.29, 1.82) is 0 Å². The maximum atomic E-state index is 13.0. The number of ether oxygens (including phenoxy) is 1. The van der Waals surface area contributed by atoms with Crippen molar-refractivity contribution in [1.82, 2.24) is 9.80 Å². The molecule has 0 unspecified atom stereocenters. The first kappa shape index (κ1) is 21.2. The lowest BCUT2D eigenvalue weighted by atomic mass is 10.0. The minimum absolute atomic E-state index is 0.124. The first-order valence-electron chi connectivity index (χ1n) is 10.7. The Morgan fingerprint density at radius 2 is 1.77 bits per heavy atom. The predicted molar refractivity (Wildman–Crippen MR) is 113 cm³/mol. The summed E-state index contributed by atoms with van der Waals surface area (Å²) in [5, 5.41) is 0. The van der Waals surface area contributed by atoms with Gasteiger partial charge in [-0.1, -0.05) is 0 Å². The molecule has 0 aliphatic carbocycles. The number of unbranched alkanes of at least 4 members (excludes halogenated alkanes) is 1. The molecule has 0 N–H and O–H groups in total. The zero-order valence-electron chi connectivity index (χ0n) is 18.0. The summed E-state index contributed by atoms with van der Waals surface area (Å²) in [6.07, 6.45) is 2.31. The molecule has 3 aliphatic rings. The number of hydrogen-bond acceptors (Lipinski definition) is 6. The molecule has 8 nitrogen and oxygen atoms in total. The highest BCUT2D eigenvalue weighted by molar-refractivity contribution is 6.32. The highest BCUT2D eigenvalue weighted by atomic mass is 16.5. The van der Waals surface area contributed by atoms with E-state index in [0.29, 0.717) is 34.4 Å². The molecule has 0 atom stereocenters. The van der Waals surface area contributed by atoms with Crippen LogP contribution in [0.25, 0.3) is 0 Å². The molecular weight excluding hydrogens is 398 g/mol. The van der Waals surface area contributed by atoms with E-state index in [4.69, 9.17) is 4.74 Å². The number of nitrogens with zero attached hydrogens (tertiary/aromatic N) is 3. The van der Waals surface area contributed by atoms with E-state index in [-0.39, 0.29) is 30.3 Å². The number of amides is 3. The third kappa shape index (κ3) is 4.12. The van der Waals surface area contributed by atoms with Crippen LogP contribution >= 0.6 is 0 Å². The summed E-state index contributed by atoms with van der Waals surface area (Å²) in [5.74, 6) is -0.829. The van der Waals surface area contributed by atoms with Crippen LogP contribution in [-0.4, -0.2) is 66.2 Å². The van der Waals surface area contributed by atoms with Gasteiger partial charge < -0.3 is 9.64 Å². The van der Waals surface area contributed by atoms with Crippen molar-refractivity contribution in [2.45, 2.75) is 39.7 Å². The van der Waals surface area contributed by atoms with E-state index >= 15 is 0 Å². The zero-order chi connectivity index (χ0) is 22.1. The quantitative estimate of drug-likeness (QED) is 0.393. The summed E-state index contributed by atoms with van der Waals surface area (Å²) in [5.41, 5.74) is 2.72. The molecule has 0 bridgehead atoms. The summed E-state index contributed by atoms with van der Waals surface area (Å²) < 4.78 is 5.01. The second-order valence-electron chi connectivity index (χ2n) is 8.27. The minimum Gasteiger partial charge on any atom is -0.457 e. The number of piperazine rings is 1. The number of rotatable bonds is 6. The van der Waals surface area contributed by atoms with Crippen LogP contribution in [0.15, 0.2) is 29.3 Å². The average Bonchev–Trinajstić information content (AvgIpc) is 3.23. The summed E-state index contributed by atoms with van der Waals surface area (Å²) in [6.45, 7) is 7.66. The molecule has 164 valence electrons. The van der Waals surface area contributed by atoms with Crippen LogP contribution in [0.4, 0.5) is 5.69 Å². The SMILES string of the molecule is CC(=O)N1CCN(CCCCC2=C(C)C(=O)N(c3ccc4c(c3)COC4=O)C2=O)CC1. The van der Waals surface area contributed by atoms with Gasteiger partial charge in [0.1, 0.15) is 6.61 Å². The van der Waals surface area contributed by atoms with E-state index in [1.54, 1.807) is 32.0 Å². The highest BCUT2D eigenvalue weighted by Crippen LogP contribution is 2.32. The van der Waals surface area contributed by atoms with Crippen molar-refractivity contribution in [2.75, 3.05) is 37.6 Å². The average molecular weight is 425 g/mol. The second-order valence-corrected chi connectivity index (χ2v) is 8.27. The summed E-state index contributed by atoms with van der Waals surface area (Å²) >= 11 is 0. The lowest BCUT2D eigenvalue weighted by molar-refractivity contribution is -0.130. The van der Waals surface area contributed by atoms with E-state index in [9.17, 15) is 19.2 Å². The molecule has 3 amide bonds. The third-order valence-corrected chi connectivity index (χ3v) is 6.33. The van der Waals surface area contributed by atoms with Gasteiger partial charge in [-0.3, -0.25) is 19.3 Å². The monoisotopic (exact) mass is 425 g/mol. The fourth-order valence-corrected chi connectivity index (χ4v) is 4.40. The van der Waals surface area contributed by atoms with Gasteiger partial charge in [-0.15, -0.1) is 0 Å². The number of anilines is 1. The van der Waals surface area contributed by atoms with Crippen molar-refractivity contribution in [3.63, 3.8) is 0 Å². The molecule has 1 fully saturated rings. The predicted octanol–water partition coefficient (Wildman–Crippen LogP) is 1.88. The molecule has 3 heterocycles. The van der Waals surface area contributed by atoms with Crippen LogP contribution in [-0.2, 0) is 25.7 Å². The molecule has 0 spiro atoms. The minimum atomic E-state index is -0.377. The van der Waals surface area contributed by atoms with Gasteiger partial charge in [-0.2, -0.15) is 0 Å². The fraction of sp³-hybridized carbons (Fsp3) is 0.478. The van der Waals surface area contributed by atoms with Crippen molar-refractivity contribution < 1.29 is 23.9 Å². The van der Waals surface area contributed by atoms with Gasteiger partial charge >= 0.3 is 5.97 Å². The summed E-state index contributed by atoms with van der Waals surface area (Å²) in [7, 11) is 0.